The lowest BCUT2D eigenvalue weighted by atomic mass is 9.84. The number of likely N-dealkylation sites (tertiary alicyclic amines) is 1. The largest absolute Gasteiger partial charge is 0.445 e. The van der Waals surface area contributed by atoms with Crippen LogP contribution in [0.2, 0.25) is 0 Å². The van der Waals surface area contributed by atoms with Crippen molar-refractivity contribution in [3.8, 4) is 0 Å². The number of carbonyl (C=O) groups excluding carboxylic acids is 2. The molecule has 0 saturated carbocycles. The molecule has 1 aromatic carbocycles. The third-order valence-corrected chi connectivity index (χ3v) is 4.53. The van der Waals surface area contributed by atoms with Crippen molar-refractivity contribution in [3.63, 3.8) is 0 Å². The molecule has 2 fully saturated rings. The zero-order valence-electron chi connectivity index (χ0n) is 12.7. The van der Waals surface area contributed by atoms with E-state index in [0.29, 0.717) is 13.1 Å². The van der Waals surface area contributed by atoms with Crippen molar-refractivity contribution in [2.75, 3.05) is 13.1 Å². The molecule has 2 heterocycles. The average molecular weight is 303 g/mol. The van der Waals surface area contributed by atoms with Crippen LogP contribution in [-0.2, 0) is 11.3 Å². The number of carbonyl (C=O) groups is 2. The van der Waals surface area contributed by atoms with Gasteiger partial charge in [-0.3, -0.25) is 0 Å². The summed E-state index contributed by atoms with van der Waals surface area (Å²) in [6.45, 7) is 3.39. The first-order valence-corrected chi connectivity index (χ1v) is 7.63. The maximum Gasteiger partial charge on any atom is 0.410 e. The lowest BCUT2D eigenvalue weighted by Gasteiger charge is -2.41. The summed E-state index contributed by atoms with van der Waals surface area (Å²) in [7, 11) is 0. The van der Waals surface area contributed by atoms with Gasteiger partial charge < -0.3 is 20.3 Å². The summed E-state index contributed by atoms with van der Waals surface area (Å²) in [6, 6.07) is 9.46. The first kappa shape index (κ1) is 14.7. The SMILES string of the molecule is CC1NC(=O)NC12CCCN(C(=O)OCc1ccccc1)C2. The Morgan fingerprint density at radius 1 is 1.41 bits per heavy atom. The highest BCUT2D eigenvalue weighted by molar-refractivity contribution is 5.79. The van der Waals surface area contributed by atoms with Gasteiger partial charge in [0.15, 0.2) is 0 Å². The molecule has 2 saturated heterocycles. The number of hydrogen-bond acceptors (Lipinski definition) is 3. The Balaban J connectivity index is 1.60. The summed E-state index contributed by atoms with van der Waals surface area (Å²) in [6.07, 6.45) is 1.40. The van der Waals surface area contributed by atoms with Crippen LogP contribution < -0.4 is 10.6 Å². The summed E-state index contributed by atoms with van der Waals surface area (Å²) in [5.41, 5.74) is 0.591. The predicted octanol–water partition coefficient (Wildman–Crippen LogP) is 1.86. The third kappa shape index (κ3) is 2.86. The molecule has 3 rings (SSSR count). The second kappa shape index (κ2) is 5.87. The van der Waals surface area contributed by atoms with E-state index < -0.39 is 0 Å². The second-order valence-corrected chi connectivity index (χ2v) is 6.04. The van der Waals surface area contributed by atoms with Gasteiger partial charge in [-0.25, -0.2) is 9.59 Å². The van der Waals surface area contributed by atoms with E-state index in [1.54, 1.807) is 4.90 Å². The molecule has 6 heteroatoms. The fraction of sp³-hybridized carbons (Fsp3) is 0.500. The number of ether oxygens (including phenoxy) is 1. The van der Waals surface area contributed by atoms with E-state index in [4.69, 9.17) is 4.74 Å². The Hall–Kier alpha value is -2.24. The standard InChI is InChI=1S/C16H21N3O3/c1-12-16(18-14(20)17-12)8-5-9-19(11-16)15(21)22-10-13-6-3-2-4-7-13/h2-4,6-7,12H,5,8-11H2,1H3,(H2,17,18,20). The zero-order chi connectivity index (χ0) is 15.6. The number of benzene rings is 1. The van der Waals surface area contributed by atoms with Gasteiger partial charge in [0.05, 0.1) is 11.6 Å². The molecule has 2 N–H and O–H groups in total. The number of nitrogens with zero attached hydrogens (tertiary/aromatic N) is 1. The van der Waals surface area contributed by atoms with E-state index in [0.717, 1.165) is 18.4 Å². The molecule has 2 unspecified atom stereocenters. The second-order valence-electron chi connectivity index (χ2n) is 6.04. The highest BCUT2D eigenvalue weighted by Gasteiger charge is 2.47. The molecule has 0 aliphatic carbocycles. The van der Waals surface area contributed by atoms with Crippen molar-refractivity contribution in [1.82, 2.24) is 15.5 Å². The Kier molecular flexibility index (Phi) is 3.92. The lowest BCUT2D eigenvalue weighted by molar-refractivity contribution is 0.0669. The fourth-order valence-corrected chi connectivity index (χ4v) is 3.21. The zero-order valence-corrected chi connectivity index (χ0v) is 12.7. The highest BCUT2D eigenvalue weighted by Crippen LogP contribution is 2.28. The number of amides is 3. The molecule has 1 spiro atoms. The molecule has 1 aromatic rings. The molecule has 2 atom stereocenters. The summed E-state index contributed by atoms with van der Waals surface area (Å²) in [4.78, 5) is 25.5. The van der Waals surface area contributed by atoms with E-state index in [1.165, 1.54) is 0 Å². The molecular weight excluding hydrogens is 282 g/mol. The average Bonchev–Trinajstić information content (AvgIpc) is 2.79. The van der Waals surface area contributed by atoms with Crippen molar-refractivity contribution in [1.29, 1.82) is 0 Å². The molecule has 0 bridgehead atoms. The van der Waals surface area contributed by atoms with E-state index in [1.807, 2.05) is 37.3 Å². The van der Waals surface area contributed by atoms with Gasteiger partial charge in [-0.1, -0.05) is 30.3 Å². The van der Waals surface area contributed by atoms with Crippen molar-refractivity contribution in [2.45, 2.75) is 38.0 Å². The third-order valence-electron chi connectivity index (χ3n) is 4.53. The maximum absolute atomic E-state index is 12.3. The lowest BCUT2D eigenvalue weighted by Crippen LogP contribution is -2.60. The Morgan fingerprint density at radius 3 is 2.86 bits per heavy atom. The quantitative estimate of drug-likeness (QED) is 0.876. The minimum atomic E-state index is -0.374. The molecule has 2 aliphatic heterocycles. The number of urea groups is 1. The first-order chi connectivity index (χ1) is 10.6. The van der Waals surface area contributed by atoms with Gasteiger partial charge in [0.1, 0.15) is 6.61 Å². The monoisotopic (exact) mass is 303 g/mol. The molecule has 3 amide bonds. The molecule has 6 nitrogen and oxygen atoms in total. The van der Waals surface area contributed by atoms with E-state index in [2.05, 4.69) is 10.6 Å². The van der Waals surface area contributed by atoms with Gasteiger partial charge in [0, 0.05) is 13.1 Å². The Bertz CT molecular complexity index is 563. The topological polar surface area (TPSA) is 70.7 Å². The molecule has 0 aromatic heterocycles. The highest BCUT2D eigenvalue weighted by atomic mass is 16.6. The van der Waals surface area contributed by atoms with Crippen LogP contribution in [0.15, 0.2) is 30.3 Å². The van der Waals surface area contributed by atoms with Crippen molar-refractivity contribution in [2.24, 2.45) is 0 Å². The van der Waals surface area contributed by atoms with Gasteiger partial charge in [-0.15, -0.1) is 0 Å². The summed E-state index contributed by atoms with van der Waals surface area (Å²) in [5.74, 6) is 0. The van der Waals surface area contributed by atoms with Crippen LogP contribution in [0.1, 0.15) is 25.3 Å². The van der Waals surface area contributed by atoms with E-state index in [9.17, 15) is 9.59 Å². The van der Waals surface area contributed by atoms with E-state index >= 15 is 0 Å². The summed E-state index contributed by atoms with van der Waals surface area (Å²) in [5, 5.41) is 5.84. The Morgan fingerprint density at radius 2 is 2.18 bits per heavy atom. The predicted molar refractivity (Wildman–Crippen MR) is 81.3 cm³/mol. The Labute approximate surface area is 129 Å². The van der Waals surface area contributed by atoms with Gasteiger partial charge in [0.25, 0.3) is 0 Å². The minimum Gasteiger partial charge on any atom is -0.445 e. The molecule has 22 heavy (non-hydrogen) atoms. The van der Waals surface area contributed by atoms with Crippen LogP contribution >= 0.6 is 0 Å². The van der Waals surface area contributed by atoms with Crippen molar-refractivity contribution < 1.29 is 14.3 Å². The smallest absolute Gasteiger partial charge is 0.410 e. The van der Waals surface area contributed by atoms with Crippen LogP contribution in [0.25, 0.3) is 0 Å². The number of hydrogen-bond donors (Lipinski definition) is 2. The van der Waals surface area contributed by atoms with Crippen LogP contribution in [0.4, 0.5) is 9.59 Å². The molecule has 118 valence electrons. The normalized spacial score (nSPS) is 27.4. The van der Waals surface area contributed by atoms with Gasteiger partial charge >= 0.3 is 12.1 Å². The van der Waals surface area contributed by atoms with Crippen molar-refractivity contribution in [3.05, 3.63) is 35.9 Å². The summed E-state index contributed by atoms with van der Waals surface area (Å²) >= 11 is 0. The van der Waals surface area contributed by atoms with Crippen LogP contribution in [0.3, 0.4) is 0 Å². The minimum absolute atomic E-state index is 0.00437. The molecule has 2 aliphatic rings. The number of rotatable bonds is 2. The number of nitrogens with one attached hydrogen (secondary N) is 2. The van der Waals surface area contributed by atoms with Crippen molar-refractivity contribution >= 4 is 12.1 Å². The molecule has 0 radical (unpaired) electrons. The number of piperidine rings is 1. The van der Waals surface area contributed by atoms with Gasteiger partial charge in [0.2, 0.25) is 0 Å². The first-order valence-electron chi connectivity index (χ1n) is 7.63. The van der Waals surface area contributed by atoms with Gasteiger partial charge in [-0.2, -0.15) is 0 Å². The van der Waals surface area contributed by atoms with Crippen LogP contribution in [0.5, 0.6) is 0 Å². The van der Waals surface area contributed by atoms with Crippen LogP contribution in [0, 0.1) is 0 Å². The van der Waals surface area contributed by atoms with E-state index in [-0.39, 0.29) is 30.3 Å². The fourth-order valence-electron chi connectivity index (χ4n) is 3.21. The van der Waals surface area contributed by atoms with Gasteiger partial charge in [-0.05, 0) is 25.3 Å². The van der Waals surface area contributed by atoms with Crippen LogP contribution in [-0.4, -0.2) is 41.7 Å². The summed E-state index contributed by atoms with van der Waals surface area (Å²) < 4.78 is 5.39. The maximum atomic E-state index is 12.3. The molecular formula is C16H21N3O3.